The minimum atomic E-state index is -0.344. The molecule has 1 amide bonds. The fourth-order valence-corrected chi connectivity index (χ4v) is 1.41. The molecule has 0 radical (unpaired) electrons. The van der Waals surface area contributed by atoms with Gasteiger partial charge in [-0.15, -0.1) is 0 Å². The third-order valence-corrected chi connectivity index (χ3v) is 2.50. The van der Waals surface area contributed by atoms with E-state index in [4.69, 9.17) is 14.7 Å². The first kappa shape index (κ1) is 13.8. The smallest absolute Gasteiger partial charge is 0.228 e. The van der Waals surface area contributed by atoms with Crippen molar-refractivity contribution >= 4 is 11.6 Å². The molecule has 0 aromatic heterocycles. The van der Waals surface area contributed by atoms with Gasteiger partial charge < -0.3 is 14.8 Å². The first-order valence-corrected chi connectivity index (χ1v) is 5.52. The van der Waals surface area contributed by atoms with Crippen LogP contribution >= 0.6 is 0 Å². The van der Waals surface area contributed by atoms with Crippen LogP contribution in [-0.2, 0) is 4.79 Å². The second kappa shape index (κ2) is 6.50. The average Bonchev–Trinajstić information content (AvgIpc) is 2.38. The molecule has 1 aromatic rings. The van der Waals surface area contributed by atoms with E-state index in [1.165, 1.54) is 7.11 Å². The molecule has 5 heteroatoms. The second-order valence-electron chi connectivity index (χ2n) is 3.82. The van der Waals surface area contributed by atoms with E-state index >= 15 is 0 Å². The highest BCUT2D eigenvalue weighted by atomic mass is 16.5. The van der Waals surface area contributed by atoms with Crippen LogP contribution in [0.4, 0.5) is 5.69 Å². The van der Waals surface area contributed by atoms with Gasteiger partial charge >= 0.3 is 0 Å². The van der Waals surface area contributed by atoms with Crippen LogP contribution in [0.2, 0.25) is 0 Å². The van der Waals surface area contributed by atoms with Crippen molar-refractivity contribution < 1.29 is 14.3 Å². The highest BCUT2D eigenvalue weighted by Crippen LogP contribution is 2.29. The van der Waals surface area contributed by atoms with Gasteiger partial charge in [0.25, 0.3) is 0 Å². The lowest BCUT2D eigenvalue weighted by Gasteiger charge is -2.12. The molecular formula is C13H16N2O3. The molecule has 1 aromatic carbocycles. The molecule has 0 saturated heterocycles. The van der Waals surface area contributed by atoms with Gasteiger partial charge in [0.2, 0.25) is 5.91 Å². The molecule has 96 valence electrons. The minimum Gasteiger partial charge on any atom is -0.493 e. The van der Waals surface area contributed by atoms with Crippen LogP contribution in [0.3, 0.4) is 0 Å². The van der Waals surface area contributed by atoms with Crippen LogP contribution in [0.25, 0.3) is 0 Å². The number of hydrogen-bond donors (Lipinski definition) is 1. The molecule has 5 nitrogen and oxygen atoms in total. The molecule has 0 spiro atoms. The van der Waals surface area contributed by atoms with Crippen molar-refractivity contribution in [2.75, 3.05) is 19.5 Å². The lowest BCUT2D eigenvalue weighted by Crippen LogP contribution is -2.19. The standard InChI is InChI=1S/C13H16N2O3/c1-9(6-7-14)13(16)15-10-4-5-11(17-2)12(8-10)18-3/h4-5,8-9H,6H2,1-3H3,(H,15,16). The van der Waals surface area contributed by atoms with E-state index in [2.05, 4.69) is 5.32 Å². The van der Waals surface area contributed by atoms with Crippen molar-refractivity contribution in [2.24, 2.45) is 5.92 Å². The van der Waals surface area contributed by atoms with Gasteiger partial charge in [-0.2, -0.15) is 5.26 Å². The van der Waals surface area contributed by atoms with Crippen LogP contribution in [0.1, 0.15) is 13.3 Å². The van der Waals surface area contributed by atoms with Crippen molar-refractivity contribution in [2.45, 2.75) is 13.3 Å². The Morgan fingerprint density at radius 3 is 2.61 bits per heavy atom. The molecule has 0 heterocycles. The molecule has 1 rings (SSSR count). The molecule has 0 bridgehead atoms. The number of nitriles is 1. The third-order valence-electron chi connectivity index (χ3n) is 2.50. The summed E-state index contributed by atoms with van der Waals surface area (Å²) in [6.07, 6.45) is 0.194. The molecule has 0 fully saturated rings. The van der Waals surface area contributed by atoms with E-state index in [1.807, 2.05) is 6.07 Å². The molecule has 0 saturated carbocycles. The maximum atomic E-state index is 11.7. The average molecular weight is 248 g/mol. The minimum absolute atomic E-state index is 0.191. The van der Waals surface area contributed by atoms with Crippen LogP contribution in [0.5, 0.6) is 11.5 Å². The number of carbonyl (C=O) groups excluding carboxylic acids is 1. The predicted molar refractivity (Wildman–Crippen MR) is 67.6 cm³/mol. The number of nitrogens with one attached hydrogen (secondary N) is 1. The summed E-state index contributed by atoms with van der Waals surface area (Å²) in [5, 5.41) is 11.3. The van der Waals surface area contributed by atoms with Crippen molar-refractivity contribution in [3.05, 3.63) is 18.2 Å². The number of rotatable bonds is 5. The van der Waals surface area contributed by atoms with Crippen LogP contribution < -0.4 is 14.8 Å². The monoisotopic (exact) mass is 248 g/mol. The van der Waals surface area contributed by atoms with Gasteiger partial charge in [0, 0.05) is 24.1 Å². The highest BCUT2D eigenvalue weighted by Gasteiger charge is 2.13. The zero-order chi connectivity index (χ0) is 13.5. The first-order chi connectivity index (χ1) is 8.62. The zero-order valence-electron chi connectivity index (χ0n) is 10.7. The SMILES string of the molecule is COc1ccc(NC(=O)C(C)CC#N)cc1OC. The summed E-state index contributed by atoms with van der Waals surface area (Å²) in [6, 6.07) is 7.08. The Bertz CT molecular complexity index is 466. The molecule has 0 aliphatic rings. The van der Waals surface area contributed by atoms with Gasteiger partial charge in [-0.3, -0.25) is 4.79 Å². The first-order valence-electron chi connectivity index (χ1n) is 5.52. The summed E-state index contributed by atoms with van der Waals surface area (Å²) in [5.74, 6) is 0.607. The highest BCUT2D eigenvalue weighted by molar-refractivity contribution is 5.92. The fourth-order valence-electron chi connectivity index (χ4n) is 1.41. The number of methoxy groups -OCH3 is 2. The summed E-state index contributed by atoms with van der Waals surface area (Å²) in [4.78, 5) is 11.7. The van der Waals surface area contributed by atoms with E-state index in [0.29, 0.717) is 17.2 Å². The van der Waals surface area contributed by atoms with Crippen LogP contribution in [0, 0.1) is 17.2 Å². The summed E-state index contributed by atoms with van der Waals surface area (Å²) in [6.45, 7) is 1.71. The number of carbonyl (C=O) groups is 1. The zero-order valence-corrected chi connectivity index (χ0v) is 10.7. The number of ether oxygens (including phenoxy) is 2. The van der Waals surface area contributed by atoms with Gasteiger partial charge in [-0.1, -0.05) is 6.92 Å². The van der Waals surface area contributed by atoms with Crippen molar-refractivity contribution in [1.82, 2.24) is 0 Å². The largest absolute Gasteiger partial charge is 0.493 e. The second-order valence-corrected chi connectivity index (χ2v) is 3.82. The van der Waals surface area contributed by atoms with Crippen LogP contribution in [-0.4, -0.2) is 20.1 Å². The summed E-state index contributed by atoms with van der Waals surface area (Å²) in [5.41, 5.74) is 0.613. The topological polar surface area (TPSA) is 71.3 Å². The Labute approximate surface area is 106 Å². The van der Waals surface area contributed by atoms with Crippen molar-refractivity contribution in [3.63, 3.8) is 0 Å². The Kier molecular flexibility index (Phi) is 5.00. The third kappa shape index (κ3) is 3.39. The van der Waals surface area contributed by atoms with Gasteiger partial charge in [0.05, 0.1) is 20.3 Å². The van der Waals surface area contributed by atoms with Crippen LogP contribution in [0.15, 0.2) is 18.2 Å². The molecule has 18 heavy (non-hydrogen) atoms. The summed E-state index contributed by atoms with van der Waals surface area (Å²) >= 11 is 0. The number of hydrogen-bond acceptors (Lipinski definition) is 4. The van der Waals surface area contributed by atoms with Gasteiger partial charge in [-0.05, 0) is 12.1 Å². The molecule has 0 aliphatic heterocycles. The predicted octanol–water partition coefficient (Wildman–Crippen LogP) is 2.19. The number of anilines is 1. The van der Waals surface area contributed by atoms with E-state index < -0.39 is 0 Å². The number of amides is 1. The fraction of sp³-hybridized carbons (Fsp3) is 0.385. The summed E-state index contributed by atoms with van der Waals surface area (Å²) < 4.78 is 10.2. The van der Waals surface area contributed by atoms with Gasteiger partial charge in [0.15, 0.2) is 11.5 Å². The number of nitrogens with zero attached hydrogens (tertiary/aromatic N) is 1. The van der Waals surface area contributed by atoms with Crippen molar-refractivity contribution in [1.29, 1.82) is 5.26 Å². The Morgan fingerprint density at radius 1 is 1.39 bits per heavy atom. The maximum absolute atomic E-state index is 11.7. The molecular weight excluding hydrogens is 232 g/mol. The maximum Gasteiger partial charge on any atom is 0.228 e. The van der Waals surface area contributed by atoms with E-state index in [9.17, 15) is 4.79 Å². The lowest BCUT2D eigenvalue weighted by atomic mass is 10.1. The van der Waals surface area contributed by atoms with Gasteiger partial charge in [-0.25, -0.2) is 0 Å². The quantitative estimate of drug-likeness (QED) is 0.867. The van der Waals surface area contributed by atoms with Crippen molar-refractivity contribution in [3.8, 4) is 17.6 Å². The molecule has 1 N–H and O–H groups in total. The Morgan fingerprint density at radius 2 is 2.06 bits per heavy atom. The van der Waals surface area contributed by atoms with E-state index in [-0.39, 0.29) is 18.2 Å². The normalized spacial score (nSPS) is 11.2. The molecule has 0 aliphatic carbocycles. The Balaban J connectivity index is 2.80. The Hall–Kier alpha value is -2.22. The van der Waals surface area contributed by atoms with E-state index in [0.717, 1.165) is 0 Å². The molecule has 1 atom stereocenters. The van der Waals surface area contributed by atoms with Gasteiger partial charge in [0.1, 0.15) is 0 Å². The summed E-state index contributed by atoms with van der Waals surface area (Å²) in [7, 11) is 3.08. The molecule has 1 unspecified atom stereocenters. The van der Waals surface area contributed by atoms with E-state index in [1.54, 1.807) is 32.2 Å². The lowest BCUT2D eigenvalue weighted by molar-refractivity contribution is -0.119. The number of benzene rings is 1.